The van der Waals surface area contributed by atoms with Crippen LogP contribution in [0, 0.1) is 0 Å². The maximum Gasteiger partial charge on any atom is 0.254 e. The molecule has 1 aromatic rings. The van der Waals surface area contributed by atoms with Gasteiger partial charge in [-0.1, -0.05) is 19.4 Å². The first-order chi connectivity index (χ1) is 8.19. The van der Waals surface area contributed by atoms with Crippen molar-refractivity contribution >= 4 is 11.6 Å². The molecule has 1 aliphatic rings. The topological polar surface area (TPSA) is 58.4 Å². The van der Waals surface area contributed by atoms with Gasteiger partial charge in [-0.05, 0) is 25.5 Å². The molecule has 1 aliphatic heterocycles. The van der Waals surface area contributed by atoms with E-state index in [0.29, 0.717) is 6.54 Å². The highest BCUT2D eigenvalue weighted by Crippen LogP contribution is 2.30. The highest BCUT2D eigenvalue weighted by atomic mass is 16.2. The Balaban J connectivity index is 2.29. The fraction of sp³-hybridized carbons (Fsp3) is 0.462. The summed E-state index contributed by atoms with van der Waals surface area (Å²) in [6.07, 6.45) is 2.12. The van der Waals surface area contributed by atoms with Crippen LogP contribution in [0.25, 0.3) is 0 Å². The van der Waals surface area contributed by atoms with Crippen LogP contribution in [0.3, 0.4) is 0 Å². The van der Waals surface area contributed by atoms with Crippen LogP contribution in [0.2, 0.25) is 0 Å². The second kappa shape index (κ2) is 4.75. The van der Waals surface area contributed by atoms with Gasteiger partial charge in [-0.25, -0.2) is 0 Å². The van der Waals surface area contributed by atoms with Gasteiger partial charge in [-0.2, -0.15) is 0 Å². The van der Waals surface area contributed by atoms with E-state index in [1.165, 1.54) is 0 Å². The van der Waals surface area contributed by atoms with Crippen molar-refractivity contribution in [2.24, 2.45) is 5.84 Å². The molecule has 0 fully saturated rings. The first-order valence-corrected chi connectivity index (χ1v) is 6.08. The normalized spacial score (nSPS) is 15.9. The van der Waals surface area contributed by atoms with Crippen molar-refractivity contribution in [2.45, 2.75) is 39.3 Å². The van der Waals surface area contributed by atoms with E-state index in [1.54, 1.807) is 0 Å². The summed E-state index contributed by atoms with van der Waals surface area (Å²) in [5.74, 6) is 5.59. The Kier molecular flexibility index (Phi) is 3.33. The number of amides is 1. The monoisotopic (exact) mass is 233 g/mol. The van der Waals surface area contributed by atoms with E-state index < -0.39 is 0 Å². The van der Waals surface area contributed by atoms with Gasteiger partial charge < -0.3 is 10.3 Å². The number of nitrogens with one attached hydrogen (secondary N) is 1. The molecule has 17 heavy (non-hydrogen) atoms. The fourth-order valence-electron chi connectivity index (χ4n) is 2.42. The van der Waals surface area contributed by atoms with Gasteiger partial charge in [0.2, 0.25) is 0 Å². The lowest BCUT2D eigenvalue weighted by Crippen LogP contribution is -2.33. The molecule has 1 aromatic carbocycles. The van der Waals surface area contributed by atoms with E-state index in [-0.39, 0.29) is 11.9 Å². The Labute approximate surface area is 102 Å². The van der Waals surface area contributed by atoms with Crippen LogP contribution in [-0.2, 0) is 6.54 Å². The van der Waals surface area contributed by atoms with Crippen LogP contribution in [0.4, 0.5) is 5.69 Å². The number of carbonyl (C=O) groups excluding carboxylic acids is 1. The number of anilines is 1. The molecule has 3 N–H and O–H groups in total. The molecule has 0 saturated heterocycles. The van der Waals surface area contributed by atoms with Crippen molar-refractivity contribution in [1.82, 2.24) is 4.90 Å². The van der Waals surface area contributed by atoms with E-state index in [9.17, 15) is 4.79 Å². The third-order valence-electron chi connectivity index (χ3n) is 3.39. The van der Waals surface area contributed by atoms with E-state index in [2.05, 4.69) is 19.3 Å². The van der Waals surface area contributed by atoms with Crippen molar-refractivity contribution in [3.8, 4) is 0 Å². The number of hydrogen-bond acceptors (Lipinski definition) is 3. The number of hydrogen-bond donors (Lipinski definition) is 2. The molecule has 0 saturated carbocycles. The molecule has 4 nitrogen and oxygen atoms in total. The van der Waals surface area contributed by atoms with Gasteiger partial charge in [0, 0.05) is 23.7 Å². The molecule has 92 valence electrons. The second-order valence-corrected chi connectivity index (χ2v) is 4.55. The van der Waals surface area contributed by atoms with Crippen molar-refractivity contribution in [1.29, 1.82) is 0 Å². The molecule has 0 aliphatic carbocycles. The zero-order valence-corrected chi connectivity index (χ0v) is 10.4. The zero-order chi connectivity index (χ0) is 12.4. The van der Waals surface area contributed by atoms with E-state index in [0.717, 1.165) is 29.7 Å². The van der Waals surface area contributed by atoms with Crippen LogP contribution in [-0.4, -0.2) is 16.8 Å². The largest absolute Gasteiger partial charge is 0.331 e. The van der Waals surface area contributed by atoms with Gasteiger partial charge >= 0.3 is 0 Å². The van der Waals surface area contributed by atoms with Crippen molar-refractivity contribution in [3.05, 3.63) is 29.3 Å². The smallest absolute Gasteiger partial charge is 0.254 e. The Bertz CT molecular complexity index is 431. The van der Waals surface area contributed by atoms with Gasteiger partial charge in [0.05, 0.1) is 5.69 Å². The molecule has 1 heterocycles. The van der Waals surface area contributed by atoms with Crippen LogP contribution < -0.4 is 11.3 Å². The molecule has 0 spiro atoms. The molecule has 1 atom stereocenters. The summed E-state index contributed by atoms with van der Waals surface area (Å²) in [6.45, 7) is 4.90. The van der Waals surface area contributed by atoms with Crippen molar-refractivity contribution < 1.29 is 4.79 Å². The fourth-order valence-corrected chi connectivity index (χ4v) is 2.42. The van der Waals surface area contributed by atoms with E-state index in [4.69, 9.17) is 5.84 Å². The average molecular weight is 233 g/mol. The Morgan fingerprint density at radius 1 is 1.53 bits per heavy atom. The highest BCUT2D eigenvalue weighted by Gasteiger charge is 2.31. The summed E-state index contributed by atoms with van der Waals surface area (Å²) >= 11 is 0. The molecular weight excluding hydrogens is 214 g/mol. The molecular formula is C13H19N3O. The number of nitrogen functional groups attached to an aromatic ring is 1. The molecule has 0 radical (unpaired) electrons. The predicted molar refractivity (Wildman–Crippen MR) is 68.5 cm³/mol. The van der Waals surface area contributed by atoms with Crippen LogP contribution in [0.15, 0.2) is 18.2 Å². The maximum atomic E-state index is 12.2. The minimum atomic E-state index is 0.123. The van der Waals surface area contributed by atoms with Crippen molar-refractivity contribution in [2.75, 3.05) is 5.43 Å². The van der Waals surface area contributed by atoms with Crippen LogP contribution in [0.1, 0.15) is 42.6 Å². The number of hydrazine groups is 1. The van der Waals surface area contributed by atoms with Gasteiger partial charge in [-0.3, -0.25) is 10.6 Å². The Morgan fingerprint density at radius 2 is 2.29 bits per heavy atom. The number of nitrogens with two attached hydrogens (primary N) is 1. The van der Waals surface area contributed by atoms with Gasteiger partial charge in [-0.15, -0.1) is 0 Å². The highest BCUT2D eigenvalue weighted by molar-refractivity contribution is 6.00. The number of fused-ring (bicyclic) bond motifs is 1. The number of benzene rings is 1. The van der Waals surface area contributed by atoms with Gasteiger partial charge in [0.1, 0.15) is 0 Å². The Morgan fingerprint density at radius 3 is 2.94 bits per heavy atom. The molecule has 1 amide bonds. The summed E-state index contributed by atoms with van der Waals surface area (Å²) < 4.78 is 0. The number of carbonyl (C=O) groups is 1. The number of nitrogens with zero attached hydrogens (tertiary/aromatic N) is 1. The number of rotatable bonds is 4. The predicted octanol–water partition coefficient (Wildman–Crippen LogP) is 2.12. The summed E-state index contributed by atoms with van der Waals surface area (Å²) in [4.78, 5) is 14.2. The van der Waals surface area contributed by atoms with Crippen LogP contribution >= 0.6 is 0 Å². The third kappa shape index (κ3) is 2.00. The molecule has 1 unspecified atom stereocenters. The van der Waals surface area contributed by atoms with Gasteiger partial charge in [0.25, 0.3) is 5.91 Å². The maximum absolute atomic E-state index is 12.2. The molecule has 4 heteroatoms. The lowest BCUT2D eigenvalue weighted by molar-refractivity contribution is 0.0709. The second-order valence-electron chi connectivity index (χ2n) is 4.55. The summed E-state index contributed by atoms with van der Waals surface area (Å²) in [7, 11) is 0. The average Bonchev–Trinajstić information content (AvgIpc) is 2.67. The molecule has 2 rings (SSSR count). The summed E-state index contributed by atoms with van der Waals surface area (Å²) in [6, 6.07) is 5.92. The minimum Gasteiger partial charge on any atom is -0.331 e. The lowest BCUT2D eigenvalue weighted by atomic mass is 10.1. The van der Waals surface area contributed by atoms with Crippen molar-refractivity contribution in [3.63, 3.8) is 0 Å². The molecule has 0 bridgehead atoms. The SMILES string of the molecule is CCCC(C)N1Cc2c(NN)cccc2C1=O. The van der Waals surface area contributed by atoms with Gasteiger partial charge in [0.15, 0.2) is 0 Å². The van der Waals surface area contributed by atoms with E-state index >= 15 is 0 Å². The first kappa shape index (κ1) is 11.9. The quantitative estimate of drug-likeness (QED) is 0.618. The summed E-state index contributed by atoms with van der Waals surface area (Å²) in [5, 5.41) is 0. The molecule has 0 aromatic heterocycles. The van der Waals surface area contributed by atoms with E-state index in [1.807, 2.05) is 23.1 Å². The zero-order valence-electron chi connectivity index (χ0n) is 10.4. The third-order valence-corrected chi connectivity index (χ3v) is 3.39. The lowest BCUT2D eigenvalue weighted by Gasteiger charge is -2.23. The minimum absolute atomic E-state index is 0.123. The van der Waals surface area contributed by atoms with Crippen LogP contribution in [0.5, 0.6) is 0 Å². The first-order valence-electron chi connectivity index (χ1n) is 6.08. The standard InChI is InChI=1S/C13H19N3O/c1-3-5-9(2)16-8-11-10(13(16)17)6-4-7-12(11)15-14/h4,6-7,9,15H,3,5,8,14H2,1-2H3. The Hall–Kier alpha value is -1.55. The summed E-state index contributed by atoms with van der Waals surface area (Å²) in [5.41, 5.74) is 5.31.